The van der Waals surface area contributed by atoms with E-state index < -0.39 is 0 Å². The Hall–Kier alpha value is -1.31. The van der Waals surface area contributed by atoms with Crippen LogP contribution in [0.25, 0.3) is 0 Å². The smallest absolute Gasteiger partial charge is 0.0408 e. The lowest BCUT2D eigenvalue weighted by Gasteiger charge is -2.24. The molecule has 2 aromatic rings. The molecule has 0 heterocycles. The topological polar surface area (TPSA) is 12.0 Å². The van der Waals surface area contributed by atoms with E-state index in [9.17, 15) is 0 Å². The van der Waals surface area contributed by atoms with Crippen LogP contribution < -0.4 is 5.32 Å². The van der Waals surface area contributed by atoms with Gasteiger partial charge < -0.3 is 5.32 Å². The van der Waals surface area contributed by atoms with Crippen molar-refractivity contribution >= 4 is 11.6 Å². The van der Waals surface area contributed by atoms with Gasteiger partial charge in [0.1, 0.15) is 0 Å². The Morgan fingerprint density at radius 2 is 2.05 bits per heavy atom. The Kier molecular flexibility index (Phi) is 4.09. The van der Waals surface area contributed by atoms with E-state index >= 15 is 0 Å². The number of fused-ring (bicyclic) bond motifs is 1. The summed E-state index contributed by atoms with van der Waals surface area (Å²) in [5.74, 6) is 0.607. The summed E-state index contributed by atoms with van der Waals surface area (Å²) in [6.45, 7) is 0. The van der Waals surface area contributed by atoms with Gasteiger partial charge in [0.15, 0.2) is 0 Å². The van der Waals surface area contributed by atoms with E-state index in [4.69, 9.17) is 11.6 Å². The van der Waals surface area contributed by atoms with Crippen LogP contribution in [0.3, 0.4) is 0 Å². The predicted octanol–water partition coefficient (Wildman–Crippen LogP) is 4.20. The second-order valence-electron chi connectivity index (χ2n) is 5.57. The Labute approximate surface area is 126 Å². The number of hydrogen-bond donors (Lipinski definition) is 1. The number of hydrogen-bond acceptors (Lipinski definition) is 1. The van der Waals surface area contributed by atoms with Gasteiger partial charge in [-0.25, -0.2) is 0 Å². The van der Waals surface area contributed by atoms with Crippen molar-refractivity contribution in [2.45, 2.75) is 31.2 Å². The molecule has 0 fully saturated rings. The zero-order valence-electron chi connectivity index (χ0n) is 11.8. The number of halogens is 1. The average molecular weight is 286 g/mol. The molecule has 1 N–H and O–H groups in total. The van der Waals surface area contributed by atoms with Crippen molar-refractivity contribution in [2.75, 3.05) is 7.05 Å². The molecule has 2 unspecified atom stereocenters. The van der Waals surface area contributed by atoms with E-state index in [0.29, 0.717) is 12.0 Å². The van der Waals surface area contributed by atoms with Gasteiger partial charge >= 0.3 is 0 Å². The van der Waals surface area contributed by atoms with Crippen molar-refractivity contribution in [1.29, 1.82) is 0 Å². The van der Waals surface area contributed by atoms with Crippen LogP contribution in [0, 0.1) is 0 Å². The van der Waals surface area contributed by atoms with Crippen molar-refractivity contribution in [3.8, 4) is 0 Å². The maximum atomic E-state index is 6.09. The number of aryl methyl sites for hydroxylation is 1. The van der Waals surface area contributed by atoms with Gasteiger partial charge in [-0.15, -0.1) is 0 Å². The van der Waals surface area contributed by atoms with E-state index in [-0.39, 0.29) is 0 Å². The Morgan fingerprint density at radius 3 is 2.85 bits per heavy atom. The summed E-state index contributed by atoms with van der Waals surface area (Å²) in [4.78, 5) is 0. The maximum absolute atomic E-state index is 6.09. The molecular formula is C18H20ClN. The fourth-order valence-corrected chi connectivity index (χ4v) is 3.58. The zero-order chi connectivity index (χ0) is 13.9. The SMILES string of the molecule is CNC(Cc1cccc(Cl)c1)C1CCc2ccccc21. The normalized spacial score (nSPS) is 18.8. The molecule has 20 heavy (non-hydrogen) atoms. The minimum Gasteiger partial charge on any atom is -0.316 e. The van der Waals surface area contributed by atoms with Crippen LogP contribution in [0.15, 0.2) is 48.5 Å². The van der Waals surface area contributed by atoms with Gasteiger partial charge in [-0.1, -0.05) is 48.0 Å². The number of nitrogens with one attached hydrogen (secondary N) is 1. The number of benzene rings is 2. The molecule has 0 aliphatic heterocycles. The van der Waals surface area contributed by atoms with Crippen LogP contribution in [0.1, 0.15) is 29.0 Å². The van der Waals surface area contributed by atoms with Crippen LogP contribution in [-0.2, 0) is 12.8 Å². The molecule has 1 nitrogen and oxygen atoms in total. The standard InChI is InChI=1S/C18H20ClN/c1-20-18(12-13-5-4-7-15(19)11-13)17-10-9-14-6-2-3-8-16(14)17/h2-8,11,17-18,20H,9-10,12H2,1H3. The monoisotopic (exact) mass is 285 g/mol. The van der Waals surface area contributed by atoms with Gasteiger partial charge in [0, 0.05) is 17.0 Å². The molecular weight excluding hydrogens is 266 g/mol. The number of likely N-dealkylation sites (N-methyl/N-ethyl adjacent to an activating group) is 1. The first kappa shape index (κ1) is 13.7. The van der Waals surface area contributed by atoms with Crippen LogP contribution in [0.4, 0.5) is 0 Å². The van der Waals surface area contributed by atoms with Crippen LogP contribution >= 0.6 is 11.6 Å². The number of rotatable bonds is 4. The molecule has 0 aromatic heterocycles. The lowest BCUT2D eigenvalue weighted by molar-refractivity contribution is 0.456. The summed E-state index contributed by atoms with van der Waals surface area (Å²) < 4.78 is 0. The zero-order valence-corrected chi connectivity index (χ0v) is 12.5. The second kappa shape index (κ2) is 5.99. The third-order valence-corrected chi connectivity index (χ3v) is 4.62. The highest BCUT2D eigenvalue weighted by Crippen LogP contribution is 2.36. The van der Waals surface area contributed by atoms with Crippen molar-refractivity contribution in [2.24, 2.45) is 0 Å². The first-order valence-corrected chi connectivity index (χ1v) is 7.65. The first-order chi connectivity index (χ1) is 9.78. The van der Waals surface area contributed by atoms with Crippen molar-refractivity contribution in [3.63, 3.8) is 0 Å². The maximum Gasteiger partial charge on any atom is 0.0408 e. The molecule has 0 bridgehead atoms. The lowest BCUT2D eigenvalue weighted by atomic mass is 9.89. The molecule has 2 heteroatoms. The molecule has 3 rings (SSSR count). The predicted molar refractivity (Wildman–Crippen MR) is 85.5 cm³/mol. The Morgan fingerprint density at radius 1 is 1.20 bits per heavy atom. The summed E-state index contributed by atoms with van der Waals surface area (Å²) in [5, 5.41) is 4.33. The molecule has 2 aromatic carbocycles. The highest BCUT2D eigenvalue weighted by atomic mass is 35.5. The Bertz CT molecular complexity index is 593. The van der Waals surface area contributed by atoms with Gasteiger partial charge in [-0.05, 0) is 55.1 Å². The summed E-state index contributed by atoms with van der Waals surface area (Å²) >= 11 is 6.09. The minimum absolute atomic E-state index is 0.470. The van der Waals surface area contributed by atoms with Crippen LogP contribution in [0.5, 0.6) is 0 Å². The second-order valence-corrected chi connectivity index (χ2v) is 6.01. The van der Waals surface area contributed by atoms with Crippen molar-refractivity contribution in [1.82, 2.24) is 5.32 Å². The van der Waals surface area contributed by atoms with E-state index in [1.54, 1.807) is 0 Å². The van der Waals surface area contributed by atoms with Gasteiger partial charge in [0.25, 0.3) is 0 Å². The Balaban J connectivity index is 1.81. The highest BCUT2D eigenvalue weighted by molar-refractivity contribution is 6.30. The van der Waals surface area contributed by atoms with E-state index in [1.807, 2.05) is 12.1 Å². The molecule has 104 valence electrons. The molecule has 0 radical (unpaired) electrons. The molecule has 0 saturated heterocycles. The molecule has 2 atom stereocenters. The quantitative estimate of drug-likeness (QED) is 0.888. The lowest BCUT2D eigenvalue weighted by Crippen LogP contribution is -2.33. The van der Waals surface area contributed by atoms with Crippen LogP contribution in [0.2, 0.25) is 5.02 Å². The van der Waals surface area contributed by atoms with E-state index in [1.165, 1.54) is 29.5 Å². The van der Waals surface area contributed by atoms with Crippen molar-refractivity contribution < 1.29 is 0 Å². The summed E-state index contributed by atoms with van der Waals surface area (Å²) in [6, 6.07) is 17.5. The van der Waals surface area contributed by atoms with Gasteiger partial charge in [-0.2, -0.15) is 0 Å². The molecule has 0 amide bonds. The van der Waals surface area contributed by atoms with Gasteiger partial charge in [0.05, 0.1) is 0 Å². The van der Waals surface area contributed by atoms with Gasteiger partial charge in [-0.3, -0.25) is 0 Å². The fraction of sp³-hybridized carbons (Fsp3) is 0.333. The third kappa shape index (κ3) is 2.74. The summed E-state index contributed by atoms with van der Waals surface area (Å²) in [6.07, 6.45) is 3.47. The molecule has 1 aliphatic carbocycles. The molecule has 0 saturated carbocycles. The summed E-state index contributed by atoms with van der Waals surface area (Å²) in [5.41, 5.74) is 4.35. The molecule has 1 aliphatic rings. The minimum atomic E-state index is 0.470. The van der Waals surface area contributed by atoms with Gasteiger partial charge in [0.2, 0.25) is 0 Å². The van der Waals surface area contributed by atoms with E-state index in [2.05, 4.69) is 48.8 Å². The third-order valence-electron chi connectivity index (χ3n) is 4.38. The summed E-state index contributed by atoms with van der Waals surface area (Å²) in [7, 11) is 2.07. The average Bonchev–Trinajstić information content (AvgIpc) is 2.89. The van der Waals surface area contributed by atoms with Crippen LogP contribution in [-0.4, -0.2) is 13.1 Å². The van der Waals surface area contributed by atoms with E-state index in [0.717, 1.165) is 11.4 Å². The molecule has 0 spiro atoms. The highest BCUT2D eigenvalue weighted by Gasteiger charge is 2.28. The van der Waals surface area contributed by atoms with Crippen molar-refractivity contribution in [3.05, 3.63) is 70.2 Å². The fourth-order valence-electron chi connectivity index (χ4n) is 3.37. The first-order valence-electron chi connectivity index (χ1n) is 7.27. The largest absolute Gasteiger partial charge is 0.316 e.